The maximum Gasteiger partial charge on any atom is 0.325 e. The molecule has 0 bridgehead atoms. The third kappa shape index (κ3) is 5.48. The number of aliphatic carboxylic acids is 1. The van der Waals surface area contributed by atoms with Crippen molar-refractivity contribution in [2.75, 3.05) is 13.1 Å². The Morgan fingerprint density at radius 3 is 2.90 bits per heavy atom. The molecule has 21 heavy (non-hydrogen) atoms. The van der Waals surface area contributed by atoms with Gasteiger partial charge in [-0.2, -0.15) is 5.26 Å². The number of urea groups is 1. The molecule has 0 aromatic carbocycles. The van der Waals surface area contributed by atoms with Gasteiger partial charge in [0.15, 0.2) is 0 Å². The fourth-order valence-corrected chi connectivity index (χ4v) is 1.64. The van der Waals surface area contributed by atoms with Crippen LogP contribution in [0.15, 0.2) is 6.20 Å². The topological polar surface area (TPSA) is 124 Å². The van der Waals surface area contributed by atoms with E-state index in [0.29, 0.717) is 18.8 Å². The van der Waals surface area contributed by atoms with Gasteiger partial charge < -0.3 is 15.3 Å². The van der Waals surface area contributed by atoms with Gasteiger partial charge in [-0.05, 0) is 13.8 Å². The van der Waals surface area contributed by atoms with Gasteiger partial charge in [0.2, 0.25) is 0 Å². The van der Waals surface area contributed by atoms with Crippen LogP contribution < -0.4 is 5.32 Å². The van der Waals surface area contributed by atoms with Crippen LogP contribution in [0, 0.1) is 17.2 Å². The van der Waals surface area contributed by atoms with Crippen molar-refractivity contribution in [3.8, 4) is 6.07 Å². The number of nitrogens with one attached hydrogen (secondary N) is 1. The zero-order valence-electron chi connectivity index (χ0n) is 12.0. The second-order valence-corrected chi connectivity index (χ2v) is 4.53. The monoisotopic (exact) mass is 294 g/mol. The molecule has 1 atom stereocenters. The van der Waals surface area contributed by atoms with E-state index in [1.54, 1.807) is 6.92 Å². The van der Waals surface area contributed by atoms with Crippen molar-refractivity contribution in [1.82, 2.24) is 25.2 Å². The minimum atomic E-state index is -1.02. The molecule has 2 N–H and O–H groups in total. The van der Waals surface area contributed by atoms with Crippen molar-refractivity contribution in [1.29, 1.82) is 5.26 Å². The molecule has 1 heterocycles. The van der Waals surface area contributed by atoms with E-state index in [0.717, 1.165) is 0 Å². The van der Waals surface area contributed by atoms with Crippen molar-refractivity contribution in [3.63, 3.8) is 0 Å². The minimum Gasteiger partial charge on any atom is -0.480 e. The van der Waals surface area contributed by atoms with Gasteiger partial charge in [0, 0.05) is 13.1 Å². The molecule has 1 unspecified atom stereocenters. The SMILES string of the molecule is CCN(CC(C)C#N)C(=O)NCc1cn(CC(=O)O)nn1. The number of amides is 2. The summed E-state index contributed by atoms with van der Waals surface area (Å²) in [4.78, 5) is 24.0. The van der Waals surface area contributed by atoms with Crippen LogP contribution >= 0.6 is 0 Å². The number of hydrogen-bond donors (Lipinski definition) is 2. The summed E-state index contributed by atoms with van der Waals surface area (Å²) in [7, 11) is 0. The number of nitrogens with zero attached hydrogens (tertiary/aromatic N) is 5. The molecule has 0 spiro atoms. The highest BCUT2D eigenvalue weighted by Gasteiger charge is 2.15. The summed E-state index contributed by atoms with van der Waals surface area (Å²) in [6.45, 7) is 4.28. The lowest BCUT2D eigenvalue weighted by molar-refractivity contribution is -0.137. The molecular weight excluding hydrogens is 276 g/mol. The minimum absolute atomic E-state index is 0.149. The highest BCUT2D eigenvalue weighted by Crippen LogP contribution is 2.00. The molecule has 1 aromatic heterocycles. The van der Waals surface area contributed by atoms with E-state index in [-0.39, 0.29) is 25.0 Å². The number of carboxylic acid groups (broad SMARTS) is 1. The van der Waals surface area contributed by atoms with E-state index in [2.05, 4.69) is 21.7 Å². The summed E-state index contributed by atoms with van der Waals surface area (Å²) in [5.74, 6) is -1.26. The second kappa shape index (κ2) is 7.84. The van der Waals surface area contributed by atoms with E-state index < -0.39 is 5.97 Å². The Bertz CT molecular complexity index is 535. The molecule has 9 heteroatoms. The van der Waals surface area contributed by atoms with Gasteiger partial charge >= 0.3 is 12.0 Å². The molecular formula is C12H18N6O3. The molecule has 1 rings (SSSR count). The third-order valence-electron chi connectivity index (χ3n) is 2.69. The van der Waals surface area contributed by atoms with E-state index in [4.69, 9.17) is 10.4 Å². The highest BCUT2D eigenvalue weighted by molar-refractivity contribution is 5.74. The normalized spacial score (nSPS) is 11.5. The Hall–Kier alpha value is -2.63. The highest BCUT2D eigenvalue weighted by atomic mass is 16.4. The summed E-state index contributed by atoms with van der Waals surface area (Å²) in [5.41, 5.74) is 0.467. The number of hydrogen-bond acceptors (Lipinski definition) is 5. The van der Waals surface area contributed by atoms with Crippen LogP contribution in [0.25, 0.3) is 0 Å². The quantitative estimate of drug-likeness (QED) is 0.732. The molecule has 0 fully saturated rings. The maximum atomic E-state index is 11.9. The Kier molecular flexibility index (Phi) is 6.13. The van der Waals surface area contributed by atoms with Gasteiger partial charge in [-0.1, -0.05) is 5.21 Å². The van der Waals surface area contributed by atoms with Crippen LogP contribution in [0.5, 0.6) is 0 Å². The molecule has 2 amide bonds. The molecule has 114 valence electrons. The van der Waals surface area contributed by atoms with Crippen LogP contribution in [-0.4, -0.2) is 50.1 Å². The lowest BCUT2D eigenvalue weighted by atomic mass is 10.2. The van der Waals surface area contributed by atoms with E-state index in [1.807, 2.05) is 6.92 Å². The largest absolute Gasteiger partial charge is 0.480 e. The first-order valence-corrected chi connectivity index (χ1v) is 6.49. The van der Waals surface area contributed by atoms with Gasteiger partial charge in [0.05, 0.1) is 24.7 Å². The Labute approximate surface area is 122 Å². The van der Waals surface area contributed by atoms with Crippen LogP contribution in [-0.2, 0) is 17.9 Å². The summed E-state index contributed by atoms with van der Waals surface area (Å²) in [6.07, 6.45) is 1.46. The first-order valence-electron chi connectivity index (χ1n) is 6.49. The van der Waals surface area contributed by atoms with Gasteiger partial charge in [-0.15, -0.1) is 5.10 Å². The Morgan fingerprint density at radius 2 is 2.33 bits per heavy atom. The summed E-state index contributed by atoms with van der Waals surface area (Å²) in [5, 5.41) is 27.4. The van der Waals surface area contributed by atoms with Gasteiger partial charge in [-0.25, -0.2) is 9.48 Å². The Balaban J connectivity index is 2.49. The molecule has 9 nitrogen and oxygen atoms in total. The Morgan fingerprint density at radius 1 is 1.62 bits per heavy atom. The summed E-state index contributed by atoms with van der Waals surface area (Å²) >= 11 is 0. The van der Waals surface area contributed by atoms with Gasteiger partial charge in [0.25, 0.3) is 0 Å². The van der Waals surface area contributed by atoms with Gasteiger partial charge in [-0.3, -0.25) is 4.79 Å². The first-order chi connectivity index (χ1) is 9.96. The van der Waals surface area contributed by atoms with Crippen molar-refractivity contribution in [2.24, 2.45) is 5.92 Å². The van der Waals surface area contributed by atoms with Crippen molar-refractivity contribution >= 4 is 12.0 Å². The fourth-order valence-electron chi connectivity index (χ4n) is 1.64. The predicted octanol–water partition coefficient (Wildman–Crippen LogP) is 0.0539. The number of carbonyl (C=O) groups excluding carboxylic acids is 1. The average molecular weight is 294 g/mol. The number of nitriles is 1. The van der Waals surface area contributed by atoms with Crippen LogP contribution in [0.4, 0.5) is 4.79 Å². The van der Waals surface area contributed by atoms with E-state index in [1.165, 1.54) is 15.8 Å². The number of aromatic nitrogens is 3. The van der Waals surface area contributed by atoms with E-state index in [9.17, 15) is 9.59 Å². The second-order valence-electron chi connectivity index (χ2n) is 4.53. The predicted molar refractivity (Wildman–Crippen MR) is 71.9 cm³/mol. The molecule has 1 aromatic rings. The smallest absolute Gasteiger partial charge is 0.325 e. The number of carboxylic acids is 1. The molecule has 0 aliphatic carbocycles. The lowest BCUT2D eigenvalue weighted by Gasteiger charge is -2.22. The zero-order chi connectivity index (χ0) is 15.8. The van der Waals surface area contributed by atoms with Crippen molar-refractivity contribution < 1.29 is 14.7 Å². The fraction of sp³-hybridized carbons (Fsp3) is 0.583. The first kappa shape index (κ1) is 16.4. The molecule has 0 saturated carbocycles. The number of carbonyl (C=O) groups is 2. The van der Waals surface area contributed by atoms with Crippen LogP contribution in [0.3, 0.4) is 0 Å². The molecule has 0 saturated heterocycles. The maximum absolute atomic E-state index is 11.9. The average Bonchev–Trinajstić information content (AvgIpc) is 2.88. The van der Waals surface area contributed by atoms with Gasteiger partial charge in [0.1, 0.15) is 12.2 Å². The number of rotatable bonds is 7. The van der Waals surface area contributed by atoms with Crippen LogP contribution in [0.2, 0.25) is 0 Å². The lowest BCUT2D eigenvalue weighted by Crippen LogP contribution is -2.41. The van der Waals surface area contributed by atoms with E-state index >= 15 is 0 Å². The molecule has 0 aliphatic heterocycles. The van der Waals surface area contributed by atoms with Crippen molar-refractivity contribution in [3.05, 3.63) is 11.9 Å². The van der Waals surface area contributed by atoms with Crippen LogP contribution in [0.1, 0.15) is 19.5 Å². The third-order valence-corrected chi connectivity index (χ3v) is 2.69. The molecule has 0 radical (unpaired) electrons. The molecule has 0 aliphatic rings. The summed E-state index contributed by atoms with van der Waals surface area (Å²) in [6, 6.07) is 1.78. The summed E-state index contributed by atoms with van der Waals surface area (Å²) < 4.78 is 1.18. The van der Waals surface area contributed by atoms with Crippen molar-refractivity contribution in [2.45, 2.75) is 26.9 Å². The standard InChI is InChI=1S/C12H18N6O3/c1-3-17(6-9(2)4-13)12(21)14-5-10-7-18(16-15-10)8-11(19)20/h7,9H,3,5-6,8H2,1-2H3,(H,14,21)(H,19,20). The zero-order valence-corrected chi connectivity index (χ0v) is 12.0.